The summed E-state index contributed by atoms with van der Waals surface area (Å²) in [5, 5.41) is 12.2. The van der Waals surface area contributed by atoms with E-state index in [1.54, 1.807) is 23.1 Å². The predicted molar refractivity (Wildman–Crippen MR) is 129 cm³/mol. The summed E-state index contributed by atoms with van der Waals surface area (Å²) in [5.41, 5.74) is 6.31. The second-order valence-corrected chi connectivity index (χ2v) is 8.35. The molecule has 0 saturated heterocycles. The van der Waals surface area contributed by atoms with E-state index in [4.69, 9.17) is 11.6 Å². The van der Waals surface area contributed by atoms with E-state index in [9.17, 15) is 4.79 Å². The molecule has 0 radical (unpaired) electrons. The molecule has 7 nitrogen and oxygen atoms in total. The average molecular weight is 457 g/mol. The van der Waals surface area contributed by atoms with Gasteiger partial charge in [0.15, 0.2) is 0 Å². The lowest BCUT2D eigenvalue weighted by molar-refractivity contribution is -0.117. The fourth-order valence-corrected chi connectivity index (χ4v) is 3.87. The Balaban J connectivity index is 1.37. The number of carbonyl (C=O) groups excluding carboxylic acids is 1. The van der Waals surface area contributed by atoms with Crippen LogP contribution in [-0.2, 0) is 11.8 Å². The lowest BCUT2D eigenvalue weighted by Crippen LogP contribution is -2.18. The molecule has 1 amide bonds. The highest BCUT2D eigenvalue weighted by Crippen LogP contribution is 2.28. The van der Waals surface area contributed by atoms with Crippen LogP contribution in [-0.4, -0.2) is 30.3 Å². The molecule has 0 fully saturated rings. The van der Waals surface area contributed by atoms with Crippen LogP contribution in [0.1, 0.15) is 18.4 Å². The van der Waals surface area contributed by atoms with Gasteiger partial charge in [0.05, 0.1) is 23.3 Å². The smallest absolute Gasteiger partial charge is 0.231 e. The van der Waals surface area contributed by atoms with Crippen LogP contribution in [0.3, 0.4) is 0 Å². The zero-order valence-electron chi connectivity index (χ0n) is 18.1. The standard InChI is InChI=1S/C25H21ClN6O/c1-16(17-3-7-21(26)8-4-17)25(33)30-22-9-5-18(6-10-22)24-23-11-19(14-32(23)29-15-27-24)20-12-28-31(2)13-20/h3-16H,1-2H3,(H,30,33)/t16-/m1/s1. The van der Waals surface area contributed by atoms with Crippen LogP contribution in [0.15, 0.2) is 79.5 Å². The number of hydrogen-bond acceptors (Lipinski definition) is 4. The first-order chi connectivity index (χ1) is 16.0. The molecule has 1 atom stereocenters. The molecule has 3 heterocycles. The zero-order valence-corrected chi connectivity index (χ0v) is 18.9. The van der Waals surface area contributed by atoms with Crippen LogP contribution in [0.25, 0.3) is 27.9 Å². The summed E-state index contributed by atoms with van der Waals surface area (Å²) in [5.74, 6) is -0.378. The maximum Gasteiger partial charge on any atom is 0.231 e. The number of fused-ring (bicyclic) bond motifs is 1. The van der Waals surface area contributed by atoms with Crippen molar-refractivity contribution in [2.75, 3.05) is 5.32 Å². The molecule has 5 rings (SSSR count). The Morgan fingerprint density at radius 2 is 1.73 bits per heavy atom. The summed E-state index contributed by atoms with van der Waals surface area (Å²) in [6.07, 6.45) is 7.29. The van der Waals surface area contributed by atoms with Crippen molar-refractivity contribution >= 4 is 28.7 Å². The Morgan fingerprint density at radius 1 is 0.970 bits per heavy atom. The van der Waals surface area contributed by atoms with Gasteiger partial charge in [-0.15, -0.1) is 0 Å². The number of carbonyl (C=O) groups is 1. The van der Waals surface area contributed by atoms with Crippen molar-refractivity contribution in [3.8, 4) is 22.4 Å². The Labute approximate surface area is 195 Å². The summed E-state index contributed by atoms with van der Waals surface area (Å²) in [7, 11) is 1.89. The minimum Gasteiger partial charge on any atom is -0.326 e. The highest BCUT2D eigenvalue weighted by molar-refractivity contribution is 6.30. The van der Waals surface area contributed by atoms with Crippen molar-refractivity contribution in [2.24, 2.45) is 7.05 Å². The SMILES string of the molecule is C[C@@H](C(=O)Nc1ccc(-c2ncnn3cc(-c4cnn(C)c4)cc23)cc1)c1ccc(Cl)cc1. The molecule has 0 aliphatic carbocycles. The van der Waals surface area contributed by atoms with E-state index in [2.05, 4.69) is 26.6 Å². The first kappa shape index (κ1) is 20.9. The lowest BCUT2D eigenvalue weighted by atomic mass is 10.0. The van der Waals surface area contributed by atoms with E-state index in [0.29, 0.717) is 5.02 Å². The van der Waals surface area contributed by atoms with Gasteiger partial charge in [-0.05, 0) is 42.8 Å². The second kappa shape index (κ2) is 8.52. The fourth-order valence-electron chi connectivity index (χ4n) is 3.75. The highest BCUT2D eigenvalue weighted by Gasteiger charge is 2.16. The monoisotopic (exact) mass is 456 g/mol. The number of nitrogens with one attached hydrogen (secondary N) is 1. The Bertz CT molecular complexity index is 1440. The van der Waals surface area contributed by atoms with Crippen LogP contribution < -0.4 is 5.32 Å². The number of amides is 1. The molecular weight excluding hydrogens is 436 g/mol. The van der Waals surface area contributed by atoms with E-state index in [-0.39, 0.29) is 11.8 Å². The van der Waals surface area contributed by atoms with Gasteiger partial charge in [-0.25, -0.2) is 9.50 Å². The highest BCUT2D eigenvalue weighted by atomic mass is 35.5. The lowest BCUT2D eigenvalue weighted by Gasteiger charge is -2.13. The van der Waals surface area contributed by atoms with Gasteiger partial charge >= 0.3 is 0 Å². The molecule has 0 spiro atoms. The van der Waals surface area contributed by atoms with Gasteiger partial charge in [0, 0.05) is 46.8 Å². The molecule has 3 aromatic heterocycles. The third-order valence-corrected chi connectivity index (χ3v) is 5.89. The molecule has 0 saturated carbocycles. The maximum absolute atomic E-state index is 12.7. The molecule has 5 aromatic rings. The summed E-state index contributed by atoms with van der Waals surface area (Å²) < 4.78 is 3.58. The van der Waals surface area contributed by atoms with E-state index < -0.39 is 0 Å². The molecule has 0 aliphatic heterocycles. The van der Waals surface area contributed by atoms with Crippen LogP contribution in [0.5, 0.6) is 0 Å². The first-order valence-corrected chi connectivity index (χ1v) is 10.8. The van der Waals surface area contributed by atoms with Crippen molar-refractivity contribution < 1.29 is 4.79 Å². The van der Waals surface area contributed by atoms with Gasteiger partial charge in [0.25, 0.3) is 0 Å². The van der Waals surface area contributed by atoms with E-state index in [1.807, 2.05) is 73.5 Å². The van der Waals surface area contributed by atoms with Gasteiger partial charge in [0.1, 0.15) is 6.33 Å². The number of aryl methyl sites for hydroxylation is 1. The normalized spacial score (nSPS) is 12.1. The molecule has 0 aliphatic rings. The number of nitrogens with zero attached hydrogens (tertiary/aromatic N) is 5. The van der Waals surface area contributed by atoms with Gasteiger partial charge in [-0.2, -0.15) is 10.2 Å². The molecule has 2 aromatic carbocycles. The van der Waals surface area contributed by atoms with Crippen molar-refractivity contribution in [3.63, 3.8) is 0 Å². The van der Waals surface area contributed by atoms with E-state index in [1.165, 1.54) is 0 Å². The summed E-state index contributed by atoms with van der Waals surface area (Å²) in [6.45, 7) is 1.87. The first-order valence-electron chi connectivity index (χ1n) is 10.5. The molecule has 164 valence electrons. The molecule has 33 heavy (non-hydrogen) atoms. The largest absolute Gasteiger partial charge is 0.326 e. The Morgan fingerprint density at radius 3 is 2.42 bits per heavy atom. The van der Waals surface area contributed by atoms with Crippen LogP contribution in [0.4, 0.5) is 5.69 Å². The molecule has 1 N–H and O–H groups in total. The Hall–Kier alpha value is -3.97. The predicted octanol–water partition coefficient (Wildman–Crippen LogP) is 5.19. The minimum absolute atomic E-state index is 0.0813. The third kappa shape index (κ3) is 4.23. The summed E-state index contributed by atoms with van der Waals surface area (Å²) in [6, 6.07) is 17.0. The van der Waals surface area contributed by atoms with Gasteiger partial charge in [-0.3, -0.25) is 9.48 Å². The van der Waals surface area contributed by atoms with Crippen LogP contribution >= 0.6 is 11.6 Å². The number of aromatic nitrogens is 5. The van der Waals surface area contributed by atoms with E-state index >= 15 is 0 Å². The van der Waals surface area contributed by atoms with Crippen molar-refractivity contribution in [2.45, 2.75) is 12.8 Å². The third-order valence-electron chi connectivity index (χ3n) is 5.63. The van der Waals surface area contributed by atoms with Gasteiger partial charge in [-0.1, -0.05) is 35.9 Å². The number of benzene rings is 2. The minimum atomic E-state index is -0.296. The quantitative estimate of drug-likeness (QED) is 0.394. The number of anilines is 1. The van der Waals surface area contributed by atoms with Gasteiger partial charge in [0.2, 0.25) is 5.91 Å². The molecule has 0 bridgehead atoms. The number of hydrogen-bond donors (Lipinski definition) is 1. The summed E-state index contributed by atoms with van der Waals surface area (Å²) >= 11 is 5.95. The average Bonchev–Trinajstić information content (AvgIpc) is 3.45. The van der Waals surface area contributed by atoms with Crippen LogP contribution in [0, 0.1) is 0 Å². The topological polar surface area (TPSA) is 77.1 Å². The van der Waals surface area contributed by atoms with Gasteiger partial charge < -0.3 is 5.32 Å². The van der Waals surface area contributed by atoms with E-state index in [0.717, 1.165) is 39.2 Å². The maximum atomic E-state index is 12.7. The van der Waals surface area contributed by atoms with Crippen molar-refractivity contribution in [1.29, 1.82) is 0 Å². The molecule has 8 heteroatoms. The molecule has 0 unspecified atom stereocenters. The number of rotatable bonds is 5. The summed E-state index contributed by atoms with van der Waals surface area (Å²) in [4.78, 5) is 17.2. The second-order valence-electron chi connectivity index (χ2n) is 7.91. The van der Waals surface area contributed by atoms with Crippen molar-refractivity contribution in [1.82, 2.24) is 24.4 Å². The van der Waals surface area contributed by atoms with Crippen molar-refractivity contribution in [3.05, 3.63) is 90.1 Å². The van der Waals surface area contributed by atoms with Crippen LogP contribution in [0.2, 0.25) is 5.02 Å². The fraction of sp³-hybridized carbons (Fsp3) is 0.120. The molecular formula is C25H21ClN6O. The zero-order chi connectivity index (χ0) is 22.9. The number of halogens is 1. The Kier molecular flexibility index (Phi) is 5.40.